The third kappa shape index (κ3) is 2.94. The van der Waals surface area contributed by atoms with Crippen molar-refractivity contribution >= 4 is 38.9 Å². The number of pyridine rings is 1. The quantitative estimate of drug-likeness (QED) is 0.891. The summed E-state index contributed by atoms with van der Waals surface area (Å²) in [5, 5.41) is 3.90. The largest absolute Gasteiger partial charge is 0.354 e. The second-order valence-electron chi connectivity index (χ2n) is 3.02. The topological polar surface area (TPSA) is 24.9 Å². The zero-order chi connectivity index (χ0) is 10.7. The molecule has 1 N–H and O–H groups in total. The van der Waals surface area contributed by atoms with Gasteiger partial charge in [0.15, 0.2) is 0 Å². The molecule has 76 valence electrons. The molecule has 0 aliphatic carbocycles. The van der Waals surface area contributed by atoms with E-state index in [1.54, 1.807) is 12.4 Å². The highest BCUT2D eigenvalue weighted by Crippen LogP contribution is 2.25. The van der Waals surface area contributed by atoms with E-state index in [0.29, 0.717) is 5.02 Å². The summed E-state index contributed by atoms with van der Waals surface area (Å²) >= 11 is 9.32. The van der Waals surface area contributed by atoms with Crippen molar-refractivity contribution in [2.75, 3.05) is 5.32 Å². The van der Waals surface area contributed by atoms with Crippen molar-refractivity contribution < 1.29 is 0 Å². The number of nitrogens with zero attached hydrogens (tertiary/aromatic N) is 1. The standard InChI is InChI=1S/C11H8BrClN2/c12-8-4-9(13)6-11(5-8)15-10-2-1-3-14-7-10/h1-7,15H. The summed E-state index contributed by atoms with van der Waals surface area (Å²) in [7, 11) is 0. The van der Waals surface area contributed by atoms with Crippen LogP contribution in [0.2, 0.25) is 5.02 Å². The van der Waals surface area contributed by atoms with Crippen molar-refractivity contribution in [3.8, 4) is 0 Å². The Morgan fingerprint density at radius 3 is 2.73 bits per heavy atom. The van der Waals surface area contributed by atoms with Crippen LogP contribution >= 0.6 is 27.5 Å². The molecule has 0 saturated carbocycles. The van der Waals surface area contributed by atoms with Gasteiger partial charge in [-0.1, -0.05) is 27.5 Å². The molecule has 15 heavy (non-hydrogen) atoms. The highest BCUT2D eigenvalue weighted by atomic mass is 79.9. The normalized spacial score (nSPS) is 10.0. The van der Waals surface area contributed by atoms with Crippen LogP contribution in [0.1, 0.15) is 0 Å². The lowest BCUT2D eigenvalue weighted by atomic mass is 10.3. The summed E-state index contributed by atoms with van der Waals surface area (Å²) in [5.41, 5.74) is 1.87. The van der Waals surface area contributed by atoms with E-state index in [2.05, 4.69) is 26.2 Å². The van der Waals surface area contributed by atoms with E-state index < -0.39 is 0 Å². The summed E-state index contributed by atoms with van der Waals surface area (Å²) in [6, 6.07) is 9.48. The fraction of sp³-hybridized carbons (Fsp3) is 0. The molecular weight excluding hydrogens is 275 g/mol. The zero-order valence-electron chi connectivity index (χ0n) is 7.74. The number of halogens is 2. The molecule has 1 aromatic carbocycles. The maximum atomic E-state index is 5.93. The summed E-state index contributed by atoms with van der Waals surface area (Å²) in [4.78, 5) is 4.02. The number of aromatic nitrogens is 1. The van der Waals surface area contributed by atoms with E-state index in [-0.39, 0.29) is 0 Å². The second-order valence-corrected chi connectivity index (χ2v) is 4.38. The van der Waals surface area contributed by atoms with Gasteiger partial charge in [0.2, 0.25) is 0 Å². The van der Waals surface area contributed by atoms with Gasteiger partial charge in [0.25, 0.3) is 0 Å². The van der Waals surface area contributed by atoms with Crippen LogP contribution in [-0.2, 0) is 0 Å². The lowest BCUT2D eigenvalue weighted by Gasteiger charge is -2.06. The SMILES string of the molecule is Clc1cc(Br)cc(Nc2cccnc2)c1. The van der Waals surface area contributed by atoms with Crippen LogP contribution < -0.4 is 5.32 Å². The minimum absolute atomic E-state index is 0.691. The Kier molecular flexibility index (Phi) is 3.23. The molecule has 2 rings (SSSR count). The van der Waals surface area contributed by atoms with E-state index in [1.165, 1.54) is 0 Å². The lowest BCUT2D eigenvalue weighted by molar-refractivity contribution is 1.32. The molecule has 0 radical (unpaired) electrons. The molecule has 0 atom stereocenters. The first-order valence-corrected chi connectivity index (χ1v) is 5.54. The van der Waals surface area contributed by atoms with E-state index in [4.69, 9.17) is 11.6 Å². The predicted molar refractivity (Wildman–Crippen MR) is 66.7 cm³/mol. The Hall–Kier alpha value is -1.06. The molecule has 2 aromatic rings. The van der Waals surface area contributed by atoms with Gasteiger partial charge in [-0.25, -0.2) is 0 Å². The van der Waals surface area contributed by atoms with E-state index in [1.807, 2.05) is 30.3 Å². The van der Waals surface area contributed by atoms with Gasteiger partial charge >= 0.3 is 0 Å². The third-order valence-corrected chi connectivity index (χ3v) is 2.49. The smallest absolute Gasteiger partial charge is 0.0570 e. The number of rotatable bonds is 2. The van der Waals surface area contributed by atoms with Crippen LogP contribution in [0.15, 0.2) is 47.2 Å². The molecule has 0 bridgehead atoms. The van der Waals surface area contributed by atoms with Gasteiger partial charge in [-0.2, -0.15) is 0 Å². The van der Waals surface area contributed by atoms with Crippen molar-refractivity contribution in [1.82, 2.24) is 4.98 Å². The summed E-state index contributed by atoms with van der Waals surface area (Å²) in [6.07, 6.45) is 3.49. The van der Waals surface area contributed by atoms with Gasteiger partial charge in [0.1, 0.15) is 0 Å². The van der Waals surface area contributed by atoms with Gasteiger partial charge in [-0.3, -0.25) is 4.98 Å². The molecule has 1 aromatic heterocycles. The van der Waals surface area contributed by atoms with Crippen molar-refractivity contribution in [2.24, 2.45) is 0 Å². The number of nitrogens with one attached hydrogen (secondary N) is 1. The van der Waals surface area contributed by atoms with Gasteiger partial charge in [-0.05, 0) is 30.3 Å². The zero-order valence-corrected chi connectivity index (χ0v) is 10.1. The molecule has 0 saturated heterocycles. The molecular formula is C11H8BrClN2. The van der Waals surface area contributed by atoms with Gasteiger partial charge in [0.05, 0.1) is 11.9 Å². The minimum Gasteiger partial charge on any atom is -0.354 e. The molecule has 0 aliphatic rings. The molecule has 1 heterocycles. The van der Waals surface area contributed by atoms with E-state index in [9.17, 15) is 0 Å². The van der Waals surface area contributed by atoms with Crippen molar-refractivity contribution in [3.05, 3.63) is 52.2 Å². The first kappa shape index (κ1) is 10.5. The Morgan fingerprint density at radius 2 is 2.07 bits per heavy atom. The van der Waals surface area contributed by atoms with Crippen LogP contribution in [0.3, 0.4) is 0 Å². The number of hydrogen-bond acceptors (Lipinski definition) is 2. The van der Waals surface area contributed by atoms with Crippen LogP contribution in [0, 0.1) is 0 Å². The van der Waals surface area contributed by atoms with Crippen LogP contribution in [0.4, 0.5) is 11.4 Å². The first-order chi connectivity index (χ1) is 7.24. The predicted octanol–water partition coefficient (Wildman–Crippen LogP) is 4.24. The first-order valence-electron chi connectivity index (χ1n) is 4.37. The highest BCUT2D eigenvalue weighted by molar-refractivity contribution is 9.10. The summed E-state index contributed by atoms with van der Waals surface area (Å²) < 4.78 is 0.946. The molecule has 0 amide bonds. The Balaban J connectivity index is 2.25. The third-order valence-electron chi connectivity index (χ3n) is 1.81. The maximum absolute atomic E-state index is 5.93. The number of benzene rings is 1. The van der Waals surface area contributed by atoms with Crippen molar-refractivity contribution in [3.63, 3.8) is 0 Å². The Labute approximate surface area is 101 Å². The van der Waals surface area contributed by atoms with Crippen molar-refractivity contribution in [2.45, 2.75) is 0 Å². The fourth-order valence-corrected chi connectivity index (χ4v) is 2.09. The summed E-state index contributed by atoms with van der Waals surface area (Å²) in [6.45, 7) is 0. The molecule has 0 aliphatic heterocycles. The average molecular weight is 284 g/mol. The molecule has 4 heteroatoms. The summed E-state index contributed by atoms with van der Waals surface area (Å²) in [5.74, 6) is 0. The Bertz CT molecular complexity index is 439. The molecule has 0 spiro atoms. The van der Waals surface area contributed by atoms with Gasteiger partial charge < -0.3 is 5.32 Å². The maximum Gasteiger partial charge on any atom is 0.0570 e. The number of anilines is 2. The van der Waals surface area contributed by atoms with E-state index in [0.717, 1.165) is 15.8 Å². The van der Waals surface area contributed by atoms with Crippen LogP contribution in [0.5, 0.6) is 0 Å². The van der Waals surface area contributed by atoms with Crippen LogP contribution in [0.25, 0.3) is 0 Å². The monoisotopic (exact) mass is 282 g/mol. The molecule has 2 nitrogen and oxygen atoms in total. The fourth-order valence-electron chi connectivity index (χ4n) is 1.23. The average Bonchev–Trinajstić information content (AvgIpc) is 2.17. The van der Waals surface area contributed by atoms with Gasteiger partial charge in [-0.15, -0.1) is 0 Å². The van der Waals surface area contributed by atoms with Crippen molar-refractivity contribution in [1.29, 1.82) is 0 Å². The van der Waals surface area contributed by atoms with Gasteiger partial charge in [0, 0.05) is 21.4 Å². The highest BCUT2D eigenvalue weighted by Gasteiger charge is 1.98. The van der Waals surface area contributed by atoms with Crippen LogP contribution in [-0.4, -0.2) is 4.98 Å². The minimum atomic E-state index is 0.691. The van der Waals surface area contributed by atoms with E-state index >= 15 is 0 Å². The lowest BCUT2D eigenvalue weighted by Crippen LogP contribution is -1.90. The number of hydrogen-bond donors (Lipinski definition) is 1. The molecule has 0 unspecified atom stereocenters. The molecule has 0 fully saturated rings. The second kappa shape index (κ2) is 4.64. The Morgan fingerprint density at radius 1 is 1.20 bits per heavy atom.